The van der Waals surface area contributed by atoms with Crippen molar-refractivity contribution >= 4 is 23.6 Å². The summed E-state index contributed by atoms with van der Waals surface area (Å²) < 4.78 is 13.9. The summed E-state index contributed by atoms with van der Waals surface area (Å²) in [5, 5.41) is 27.8. The van der Waals surface area contributed by atoms with Crippen molar-refractivity contribution in [3.63, 3.8) is 0 Å². The van der Waals surface area contributed by atoms with Gasteiger partial charge in [0.2, 0.25) is 5.91 Å². The van der Waals surface area contributed by atoms with Crippen molar-refractivity contribution in [1.29, 1.82) is 0 Å². The maximum atomic E-state index is 13.9. The van der Waals surface area contributed by atoms with Gasteiger partial charge >= 0.3 is 5.97 Å². The molecule has 0 aromatic heterocycles. The number of aliphatic carboxylic acids is 1. The van der Waals surface area contributed by atoms with Gasteiger partial charge < -0.3 is 15.3 Å². The van der Waals surface area contributed by atoms with Crippen LogP contribution in [0, 0.1) is 5.82 Å². The molecule has 22 heavy (non-hydrogen) atoms. The number of thioether (sulfide) groups is 1. The Hall–Kier alpha value is -2.22. The van der Waals surface area contributed by atoms with E-state index in [4.69, 9.17) is 0 Å². The van der Waals surface area contributed by atoms with Crippen molar-refractivity contribution < 1.29 is 29.3 Å². The fraction of sp³-hybridized carbons (Fsp3) is 0.286. The van der Waals surface area contributed by atoms with Crippen molar-refractivity contribution in [2.24, 2.45) is 0 Å². The molecule has 2 aliphatic heterocycles. The number of rotatable bonds is 3. The number of β-lactam (4-membered cyclic amide) rings is 1. The summed E-state index contributed by atoms with van der Waals surface area (Å²) in [4.78, 5) is 24.3. The first-order chi connectivity index (χ1) is 10.4. The number of carboxylic acid groups (broad SMARTS) is 1. The summed E-state index contributed by atoms with van der Waals surface area (Å²) in [6, 6.07) is 2.42. The first kappa shape index (κ1) is 14.7. The first-order valence-corrected chi connectivity index (χ1v) is 7.53. The summed E-state index contributed by atoms with van der Waals surface area (Å²) in [6.07, 6.45) is 0.258. The Labute approximate surface area is 128 Å². The summed E-state index contributed by atoms with van der Waals surface area (Å²) in [6.45, 7) is 0. The fourth-order valence-corrected chi connectivity index (χ4v) is 3.84. The lowest BCUT2D eigenvalue weighted by Gasteiger charge is -2.44. The molecule has 8 heteroatoms. The predicted molar refractivity (Wildman–Crippen MR) is 75.8 cm³/mol. The molecule has 2 aliphatic rings. The van der Waals surface area contributed by atoms with E-state index in [-0.39, 0.29) is 29.0 Å². The third-order valence-electron chi connectivity index (χ3n) is 3.71. The standard InChI is InChI=1S/C14H12FNO5S/c15-11-6(1-2-8(17)13(11)19)3-7-5-22-10-4-9(18)16(10)12(7)14(20)21/h1-2,10,17,19H,3-5H2,(H,20,21)/t10-/m0/s1. The number of halogens is 1. The van der Waals surface area contributed by atoms with Crippen LogP contribution in [-0.4, -0.2) is 43.2 Å². The van der Waals surface area contributed by atoms with Gasteiger partial charge in [-0.15, -0.1) is 11.8 Å². The topological polar surface area (TPSA) is 98.1 Å². The molecule has 6 nitrogen and oxygen atoms in total. The van der Waals surface area contributed by atoms with Crippen LogP contribution in [0.15, 0.2) is 23.4 Å². The van der Waals surface area contributed by atoms with Crippen LogP contribution >= 0.6 is 11.8 Å². The van der Waals surface area contributed by atoms with Crippen LogP contribution in [0.3, 0.4) is 0 Å². The van der Waals surface area contributed by atoms with Gasteiger partial charge in [-0.05, 0) is 23.6 Å². The summed E-state index contributed by atoms with van der Waals surface area (Å²) in [7, 11) is 0. The number of hydrogen-bond donors (Lipinski definition) is 3. The molecule has 3 rings (SSSR count). The van der Waals surface area contributed by atoms with Gasteiger partial charge in [0.15, 0.2) is 17.3 Å². The van der Waals surface area contributed by atoms with E-state index in [1.54, 1.807) is 0 Å². The van der Waals surface area contributed by atoms with E-state index in [9.17, 15) is 29.3 Å². The molecular formula is C14H12FNO5S. The highest BCUT2D eigenvalue weighted by Gasteiger charge is 2.45. The van der Waals surface area contributed by atoms with Crippen LogP contribution < -0.4 is 0 Å². The SMILES string of the molecule is O=C(O)C1=C(Cc2ccc(O)c(O)c2F)CS[C@H]2CC(=O)N12. The molecule has 0 aliphatic carbocycles. The molecule has 0 unspecified atom stereocenters. The molecule has 0 bridgehead atoms. The molecule has 0 saturated carbocycles. The summed E-state index contributed by atoms with van der Waals surface area (Å²) in [5.74, 6) is -3.55. The average Bonchev–Trinajstić information content (AvgIpc) is 2.47. The molecule has 0 radical (unpaired) electrons. The second kappa shape index (κ2) is 5.20. The maximum absolute atomic E-state index is 13.9. The van der Waals surface area contributed by atoms with E-state index in [2.05, 4.69) is 0 Å². The van der Waals surface area contributed by atoms with Crippen LogP contribution in [-0.2, 0) is 16.0 Å². The number of nitrogens with zero attached hydrogens (tertiary/aromatic N) is 1. The van der Waals surface area contributed by atoms with E-state index in [0.29, 0.717) is 17.7 Å². The molecule has 1 aromatic carbocycles. The minimum atomic E-state index is -1.23. The number of carbonyl (C=O) groups excluding carboxylic acids is 1. The van der Waals surface area contributed by atoms with Crippen LogP contribution in [0.25, 0.3) is 0 Å². The number of amides is 1. The Morgan fingerprint density at radius 1 is 1.41 bits per heavy atom. The van der Waals surface area contributed by atoms with Gasteiger partial charge in [0.05, 0.1) is 11.8 Å². The van der Waals surface area contributed by atoms with Crippen LogP contribution in [0.5, 0.6) is 11.5 Å². The number of phenols is 2. The van der Waals surface area contributed by atoms with Gasteiger partial charge in [-0.2, -0.15) is 0 Å². The zero-order valence-electron chi connectivity index (χ0n) is 11.2. The number of aromatic hydroxyl groups is 2. The number of phenolic OH excluding ortho intramolecular Hbond substituents is 2. The van der Waals surface area contributed by atoms with Crippen molar-refractivity contribution in [2.45, 2.75) is 18.2 Å². The molecule has 1 aromatic rings. The number of fused-ring (bicyclic) bond motifs is 1. The molecule has 1 saturated heterocycles. The van der Waals surface area contributed by atoms with E-state index in [1.807, 2.05) is 0 Å². The van der Waals surface area contributed by atoms with Gasteiger partial charge in [-0.3, -0.25) is 9.69 Å². The van der Waals surface area contributed by atoms with Gasteiger partial charge in [0, 0.05) is 5.75 Å². The highest BCUT2D eigenvalue weighted by atomic mass is 32.2. The highest BCUT2D eigenvalue weighted by Crippen LogP contribution is 2.41. The van der Waals surface area contributed by atoms with Gasteiger partial charge in [-0.25, -0.2) is 9.18 Å². The van der Waals surface area contributed by atoms with E-state index < -0.39 is 23.3 Å². The van der Waals surface area contributed by atoms with Gasteiger partial charge in [-0.1, -0.05) is 6.07 Å². The number of carbonyl (C=O) groups is 2. The third-order valence-corrected chi connectivity index (χ3v) is 4.99. The van der Waals surface area contributed by atoms with Gasteiger partial charge in [0.1, 0.15) is 5.70 Å². The quantitative estimate of drug-likeness (QED) is 0.574. The van der Waals surface area contributed by atoms with Crippen molar-refractivity contribution in [2.75, 3.05) is 5.75 Å². The molecule has 2 heterocycles. The van der Waals surface area contributed by atoms with E-state index >= 15 is 0 Å². The van der Waals surface area contributed by atoms with Crippen molar-refractivity contribution in [3.8, 4) is 11.5 Å². The molecule has 1 amide bonds. The Balaban J connectivity index is 1.99. The summed E-state index contributed by atoms with van der Waals surface area (Å²) >= 11 is 1.43. The normalized spacial score (nSPS) is 20.7. The summed E-state index contributed by atoms with van der Waals surface area (Å²) in [5.41, 5.74) is 0.369. The largest absolute Gasteiger partial charge is 0.504 e. The molecule has 1 fully saturated rings. The molecule has 0 spiro atoms. The smallest absolute Gasteiger partial charge is 0.352 e. The Bertz CT molecular complexity index is 717. The van der Waals surface area contributed by atoms with E-state index in [1.165, 1.54) is 22.7 Å². The minimum Gasteiger partial charge on any atom is -0.504 e. The molecule has 116 valence electrons. The lowest BCUT2D eigenvalue weighted by atomic mass is 10.0. The number of benzene rings is 1. The second-order valence-electron chi connectivity index (χ2n) is 5.07. The predicted octanol–water partition coefficient (Wildman–Crippen LogP) is 1.42. The minimum absolute atomic E-state index is 0.0508. The monoisotopic (exact) mass is 325 g/mol. The van der Waals surface area contributed by atoms with Crippen molar-refractivity contribution in [3.05, 3.63) is 34.8 Å². The molecular weight excluding hydrogens is 313 g/mol. The van der Waals surface area contributed by atoms with E-state index in [0.717, 1.165) is 6.07 Å². The van der Waals surface area contributed by atoms with Crippen LogP contribution in [0.4, 0.5) is 4.39 Å². The number of carboxylic acids is 1. The second-order valence-corrected chi connectivity index (χ2v) is 6.24. The lowest BCUT2D eigenvalue weighted by molar-refractivity contribution is -0.146. The first-order valence-electron chi connectivity index (χ1n) is 6.48. The zero-order chi connectivity index (χ0) is 16.0. The Morgan fingerprint density at radius 2 is 2.14 bits per heavy atom. The Morgan fingerprint density at radius 3 is 2.77 bits per heavy atom. The fourth-order valence-electron chi connectivity index (χ4n) is 2.58. The molecule has 1 atom stereocenters. The van der Waals surface area contributed by atoms with Gasteiger partial charge in [0.25, 0.3) is 0 Å². The van der Waals surface area contributed by atoms with Crippen molar-refractivity contribution in [1.82, 2.24) is 4.90 Å². The highest BCUT2D eigenvalue weighted by molar-refractivity contribution is 8.00. The van der Waals surface area contributed by atoms with Crippen LogP contribution in [0.1, 0.15) is 12.0 Å². The van der Waals surface area contributed by atoms with Crippen LogP contribution in [0.2, 0.25) is 0 Å². The molecule has 3 N–H and O–H groups in total. The zero-order valence-corrected chi connectivity index (χ0v) is 12.1. The Kier molecular flexibility index (Phi) is 3.48. The average molecular weight is 325 g/mol. The maximum Gasteiger partial charge on any atom is 0.352 e. The lowest BCUT2D eigenvalue weighted by Crippen LogP contribution is -2.54. The number of hydrogen-bond acceptors (Lipinski definition) is 5. The third kappa shape index (κ3) is 2.19.